The summed E-state index contributed by atoms with van der Waals surface area (Å²) in [7, 11) is 1.60. The predicted octanol–water partition coefficient (Wildman–Crippen LogP) is 0.553. The lowest BCUT2D eigenvalue weighted by Gasteiger charge is -2.14. The minimum absolute atomic E-state index is 0.0146. The smallest absolute Gasteiger partial charge is 0.408 e. The molecule has 0 aliphatic rings. The number of amides is 2. The lowest BCUT2D eigenvalue weighted by molar-refractivity contribution is -0.147. The molecule has 14 nitrogen and oxygen atoms in total. The highest BCUT2D eigenvalue weighted by Crippen LogP contribution is 2.01. The maximum Gasteiger partial charge on any atom is 0.408 e. The van der Waals surface area contributed by atoms with E-state index in [9.17, 15) is 19.2 Å². The van der Waals surface area contributed by atoms with Crippen LogP contribution in [0.1, 0.15) is 40.0 Å². The molecular weight excluding hydrogens is 508 g/mol. The molecule has 2 atom stereocenters. The van der Waals surface area contributed by atoms with Crippen LogP contribution >= 0.6 is 0 Å². The Labute approximate surface area is 224 Å². The number of carbonyl (C=O) groups is 4. The highest BCUT2D eigenvalue weighted by molar-refractivity contribution is 5.74. The van der Waals surface area contributed by atoms with Crippen LogP contribution in [0.2, 0.25) is 0 Å². The van der Waals surface area contributed by atoms with Gasteiger partial charge in [-0.25, -0.2) is 4.79 Å². The molecule has 0 aliphatic heterocycles. The zero-order chi connectivity index (χ0) is 28.4. The van der Waals surface area contributed by atoms with E-state index in [0.29, 0.717) is 26.2 Å². The summed E-state index contributed by atoms with van der Waals surface area (Å²) in [5.74, 6) is -1.09. The third kappa shape index (κ3) is 25.1. The lowest BCUT2D eigenvalue weighted by atomic mass is 10.2. The molecule has 14 heteroatoms. The molecule has 38 heavy (non-hydrogen) atoms. The monoisotopic (exact) mass is 552 g/mol. The number of esters is 2. The summed E-state index contributed by atoms with van der Waals surface area (Å²) >= 11 is 0. The van der Waals surface area contributed by atoms with Gasteiger partial charge in [0.25, 0.3) is 0 Å². The SMILES string of the molecule is COCCOCC(C)OCCOC(=O)CCCC(=O)OCCOCC(C)OCCOC(=O)NCNC(C)=O. The van der Waals surface area contributed by atoms with Crippen molar-refractivity contribution in [3.05, 3.63) is 0 Å². The second-order valence-electron chi connectivity index (χ2n) is 8.02. The predicted molar refractivity (Wildman–Crippen MR) is 133 cm³/mol. The molecule has 222 valence electrons. The van der Waals surface area contributed by atoms with Gasteiger partial charge in [0.15, 0.2) is 0 Å². The van der Waals surface area contributed by atoms with E-state index in [1.807, 2.05) is 6.92 Å². The van der Waals surface area contributed by atoms with E-state index < -0.39 is 18.0 Å². The fraction of sp³-hybridized carbons (Fsp3) is 0.833. The van der Waals surface area contributed by atoms with Crippen LogP contribution in [-0.4, -0.2) is 116 Å². The molecule has 0 heterocycles. The van der Waals surface area contributed by atoms with Gasteiger partial charge < -0.3 is 48.5 Å². The normalized spacial score (nSPS) is 12.3. The third-order valence-electron chi connectivity index (χ3n) is 4.43. The van der Waals surface area contributed by atoms with Crippen LogP contribution < -0.4 is 10.6 Å². The van der Waals surface area contributed by atoms with Crippen LogP contribution in [-0.2, 0) is 52.3 Å². The number of nitrogens with one attached hydrogen (secondary N) is 2. The molecule has 0 aliphatic carbocycles. The van der Waals surface area contributed by atoms with E-state index >= 15 is 0 Å². The van der Waals surface area contributed by atoms with Crippen molar-refractivity contribution >= 4 is 23.9 Å². The number of alkyl carbamates (subject to hydrolysis) is 1. The molecule has 0 aromatic heterocycles. The Hall–Kier alpha value is -2.52. The van der Waals surface area contributed by atoms with E-state index in [-0.39, 0.29) is 83.9 Å². The first-order valence-electron chi connectivity index (χ1n) is 12.6. The summed E-state index contributed by atoms with van der Waals surface area (Å²) in [4.78, 5) is 45.5. The Bertz CT molecular complexity index is 650. The van der Waals surface area contributed by atoms with Crippen molar-refractivity contribution in [1.29, 1.82) is 0 Å². The lowest BCUT2D eigenvalue weighted by Crippen LogP contribution is -2.36. The van der Waals surface area contributed by atoms with E-state index in [1.54, 1.807) is 14.0 Å². The summed E-state index contributed by atoms with van der Waals surface area (Å²) < 4.78 is 41.5. The molecule has 2 N–H and O–H groups in total. The highest BCUT2D eigenvalue weighted by atomic mass is 16.6. The van der Waals surface area contributed by atoms with Crippen LogP contribution in [0.5, 0.6) is 0 Å². The van der Waals surface area contributed by atoms with Gasteiger partial charge in [-0.15, -0.1) is 0 Å². The van der Waals surface area contributed by atoms with Crippen molar-refractivity contribution in [3.63, 3.8) is 0 Å². The summed E-state index contributed by atoms with van der Waals surface area (Å²) in [6.45, 7) is 7.56. The van der Waals surface area contributed by atoms with Gasteiger partial charge in [0.1, 0.15) is 19.8 Å². The Morgan fingerprint density at radius 2 is 1.16 bits per heavy atom. The molecule has 0 saturated heterocycles. The number of carbonyl (C=O) groups excluding carboxylic acids is 4. The molecule has 0 saturated carbocycles. The number of rotatable bonds is 24. The molecule has 0 aromatic carbocycles. The second kappa shape index (κ2) is 24.8. The van der Waals surface area contributed by atoms with Gasteiger partial charge >= 0.3 is 18.0 Å². The second-order valence-corrected chi connectivity index (χ2v) is 8.02. The summed E-state index contributed by atoms with van der Waals surface area (Å²) in [6, 6.07) is 0. The van der Waals surface area contributed by atoms with Crippen LogP contribution in [0, 0.1) is 0 Å². The quantitative estimate of drug-likeness (QED) is 0.0740. The molecule has 0 spiro atoms. The topological polar surface area (TPSA) is 166 Å². The Kier molecular flexibility index (Phi) is 23.2. The number of ether oxygens (including phenoxy) is 8. The van der Waals surface area contributed by atoms with E-state index in [4.69, 9.17) is 37.9 Å². The van der Waals surface area contributed by atoms with Gasteiger partial charge in [0.2, 0.25) is 5.91 Å². The van der Waals surface area contributed by atoms with Gasteiger partial charge in [-0.05, 0) is 20.3 Å². The number of methoxy groups -OCH3 is 1. The van der Waals surface area contributed by atoms with Crippen LogP contribution in [0.4, 0.5) is 4.79 Å². The van der Waals surface area contributed by atoms with Gasteiger partial charge in [-0.3, -0.25) is 14.4 Å². The van der Waals surface area contributed by atoms with E-state index in [0.717, 1.165) is 0 Å². The van der Waals surface area contributed by atoms with Crippen molar-refractivity contribution < 1.29 is 57.1 Å². The molecular formula is C24H44N2O12. The maximum absolute atomic E-state index is 11.8. The summed E-state index contributed by atoms with van der Waals surface area (Å²) in [5.41, 5.74) is 0. The Morgan fingerprint density at radius 1 is 0.658 bits per heavy atom. The molecule has 0 rings (SSSR count). The van der Waals surface area contributed by atoms with Crippen LogP contribution in [0.25, 0.3) is 0 Å². The first-order chi connectivity index (χ1) is 18.2. The summed E-state index contributed by atoms with van der Waals surface area (Å²) in [6.07, 6.45) is -0.522. The first kappa shape index (κ1) is 35.5. The third-order valence-corrected chi connectivity index (χ3v) is 4.43. The average Bonchev–Trinajstić information content (AvgIpc) is 2.86. The highest BCUT2D eigenvalue weighted by Gasteiger charge is 2.09. The fourth-order valence-electron chi connectivity index (χ4n) is 2.55. The van der Waals surface area contributed by atoms with E-state index in [1.165, 1.54) is 6.92 Å². The van der Waals surface area contributed by atoms with Crippen molar-refractivity contribution in [3.8, 4) is 0 Å². The number of hydrogen-bond acceptors (Lipinski definition) is 12. The molecule has 0 radical (unpaired) electrons. The number of hydrogen-bond donors (Lipinski definition) is 2. The van der Waals surface area contributed by atoms with Gasteiger partial charge in [-0.2, -0.15) is 0 Å². The average molecular weight is 553 g/mol. The molecule has 0 fully saturated rings. The van der Waals surface area contributed by atoms with Crippen molar-refractivity contribution in [2.75, 3.05) is 79.8 Å². The van der Waals surface area contributed by atoms with Crippen molar-refractivity contribution in [1.82, 2.24) is 10.6 Å². The Balaban J connectivity index is 3.55. The van der Waals surface area contributed by atoms with Gasteiger partial charge in [0.05, 0.1) is 65.1 Å². The maximum atomic E-state index is 11.8. The molecule has 2 amide bonds. The van der Waals surface area contributed by atoms with Crippen LogP contribution in [0.3, 0.4) is 0 Å². The zero-order valence-electron chi connectivity index (χ0n) is 23.0. The largest absolute Gasteiger partial charge is 0.463 e. The van der Waals surface area contributed by atoms with Crippen molar-refractivity contribution in [2.24, 2.45) is 0 Å². The molecule has 0 bridgehead atoms. The summed E-state index contributed by atoms with van der Waals surface area (Å²) in [5, 5.41) is 4.75. The van der Waals surface area contributed by atoms with Crippen LogP contribution in [0.15, 0.2) is 0 Å². The van der Waals surface area contributed by atoms with E-state index in [2.05, 4.69) is 10.6 Å². The fourth-order valence-corrected chi connectivity index (χ4v) is 2.55. The van der Waals surface area contributed by atoms with Gasteiger partial charge in [-0.1, -0.05) is 0 Å². The van der Waals surface area contributed by atoms with Gasteiger partial charge in [0, 0.05) is 26.9 Å². The first-order valence-corrected chi connectivity index (χ1v) is 12.6. The minimum Gasteiger partial charge on any atom is -0.463 e. The molecule has 2 unspecified atom stereocenters. The van der Waals surface area contributed by atoms with Crippen molar-refractivity contribution in [2.45, 2.75) is 52.2 Å². The molecule has 0 aromatic rings. The Morgan fingerprint density at radius 3 is 1.68 bits per heavy atom. The zero-order valence-corrected chi connectivity index (χ0v) is 23.0. The standard InChI is InChI=1S/C24H44N2O12/c1-19(16-32-9-8-31-4)34-12-14-37-23(29)7-5-6-22(28)36-11-10-33-17-20(2)35-13-15-38-24(30)26-18-25-21(3)27/h19-20H,5-18H2,1-4H3,(H,25,27)(H,26,30). The minimum atomic E-state index is -0.666.